The lowest BCUT2D eigenvalue weighted by molar-refractivity contribution is -0.325. The molecule has 2 aromatic rings. The molecule has 0 N–H and O–H groups in total. The van der Waals surface area contributed by atoms with Crippen molar-refractivity contribution in [2.75, 3.05) is 6.61 Å². The molecule has 5 rings (SSSR count). The first-order chi connectivity index (χ1) is 26.2. The highest BCUT2D eigenvalue weighted by Crippen LogP contribution is 2.39. The van der Waals surface area contributed by atoms with E-state index in [-0.39, 0.29) is 31.8 Å². The van der Waals surface area contributed by atoms with Crippen LogP contribution < -0.4 is 0 Å². The summed E-state index contributed by atoms with van der Waals surface area (Å²) in [6.45, 7) is 6.91. The van der Waals surface area contributed by atoms with Crippen molar-refractivity contribution in [1.82, 2.24) is 0 Å². The monoisotopic (exact) mass is 767 g/mol. The minimum absolute atomic E-state index is 0.00988. The van der Waals surface area contributed by atoms with E-state index < -0.39 is 97.2 Å². The number of esters is 4. The Kier molecular flexibility index (Phi) is 14.0. The maximum absolute atomic E-state index is 13.3. The summed E-state index contributed by atoms with van der Waals surface area (Å²) < 4.78 is 53.9. The van der Waals surface area contributed by atoms with E-state index >= 15 is 0 Å². The molecule has 10 atom stereocenters. The van der Waals surface area contributed by atoms with Gasteiger partial charge in [-0.05, 0) is 44.4 Å². The normalized spacial score (nSPS) is 28.6. The number of nitrogens with zero attached hydrogens (tertiary/aromatic N) is 3. The Hall–Kier alpha value is -4.90. The van der Waals surface area contributed by atoms with Crippen molar-refractivity contribution in [3.63, 3.8) is 0 Å². The van der Waals surface area contributed by atoms with Gasteiger partial charge in [-0.25, -0.2) is 4.79 Å². The first kappa shape index (κ1) is 41.3. The van der Waals surface area contributed by atoms with Crippen LogP contribution in [0, 0.1) is 5.41 Å². The second-order valence-corrected chi connectivity index (χ2v) is 14.3. The fourth-order valence-corrected chi connectivity index (χ4v) is 6.07. The van der Waals surface area contributed by atoms with Gasteiger partial charge in [0.25, 0.3) is 0 Å². The van der Waals surface area contributed by atoms with Crippen molar-refractivity contribution in [2.45, 2.75) is 122 Å². The predicted molar refractivity (Wildman–Crippen MR) is 187 cm³/mol. The van der Waals surface area contributed by atoms with E-state index in [1.807, 2.05) is 36.4 Å². The number of carbonyl (C=O) groups excluding carboxylic acids is 5. The molecular formula is C38H45N3O14. The summed E-state index contributed by atoms with van der Waals surface area (Å²) in [6, 6.07) is 16.6. The lowest BCUT2D eigenvalue weighted by Gasteiger charge is -2.46. The van der Waals surface area contributed by atoms with Crippen LogP contribution >= 0.6 is 0 Å². The lowest BCUT2D eigenvalue weighted by Crippen LogP contribution is -2.64. The first-order valence-corrected chi connectivity index (χ1v) is 17.8. The van der Waals surface area contributed by atoms with Crippen molar-refractivity contribution in [2.24, 2.45) is 10.5 Å². The van der Waals surface area contributed by atoms with E-state index in [0.717, 1.165) is 5.56 Å². The van der Waals surface area contributed by atoms with Gasteiger partial charge >= 0.3 is 23.9 Å². The molecule has 3 heterocycles. The van der Waals surface area contributed by atoms with Gasteiger partial charge in [0.2, 0.25) is 6.29 Å². The molecule has 0 radical (unpaired) electrons. The summed E-state index contributed by atoms with van der Waals surface area (Å²) >= 11 is 0. The van der Waals surface area contributed by atoms with Gasteiger partial charge in [0.05, 0.1) is 25.0 Å². The topological polar surface area (TPSA) is 217 Å². The third kappa shape index (κ3) is 10.9. The number of azide groups is 1. The van der Waals surface area contributed by atoms with Gasteiger partial charge in [0, 0.05) is 18.3 Å². The molecule has 55 heavy (non-hydrogen) atoms. The van der Waals surface area contributed by atoms with E-state index in [1.165, 1.54) is 13.8 Å². The predicted octanol–water partition coefficient (Wildman–Crippen LogP) is 4.03. The molecule has 0 spiro atoms. The highest BCUT2D eigenvalue weighted by molar-refractivity contribution is 5.81. The summed E-state index contributed by atoms with van der Waals surface area (Å²) in [5.41, 5.74) is 10.3. The number of Topliss-reactive ketones (excluding diaryl/α,β-unsaturated/α-hetero) is 1. The Morgan fingerprint density at radius 2 is 1.42 bits per heavy atom. The van der Waals surface area contributed by atoms with Gasteiger partial charge < -0.3 is 47.4 Å². The Bertz CT molecular complexity index is 1710. The van der Waals surface area contributed by atoms with Crippen LogP contribution in [0.2, 0.25) is 0 Å². The minimum Gasteiger partial charge on any atom is -0.463 e. The molecule has 3 aliphatic heterocycles. The fourth-order valence-electron chi connectivity index (χ4n) is 6.07. The average molecular weight is 768 g/mol. The van der Waals surface area contributed by atoms with Crippen LogP contribution in [0.1, 0.15) is 58.6 Å². The van der Waals surface area contributed by atoms with Crippen LogP contribution in [0.4, 0.5) is 0 Å². The third-order valence-electron chi connectivity index (χ3n) is 8.88. The van der Waals surface area contributed by atoms with Gasteiger partial charge in [-0.3, -0.25) is 14.4 Å². The summed E-state index contributed by atoms with van der Waals surface area (Å²) in [4.78, 5) is 66.3. The Morgan fingerprint density at radius 1 is 0.800 bits per heavy atom. The summed E-state index contributed by atoms with van der Waals surface area (Å²) in [7, 11) is 0. The number of hydrogen-bond donors (Lipinski definition) is 0. The number of ether oxygens (including phenoxy) is 9. The molecule has 17 heteroatoms. The third-order valence-corrected chi connectivity index (χ3v) is 8.88. The molecule has 2 aromatic carbocycles. The van der Waals surface area contributed by atoms with Gasteiger partial charge in [0.15, 0.2) is 24.6 Å². The van der Waals surface area contributed by atoms with Crippen molar-refractivity contribution in [3.8, 4) is 0 Å². The van der Waals surface area contributed by atoms with E-state index in [1.54, 1.807) is 45.0 Å². The number of ketones is 1. The zero-order valence-corrected chi connectivity index (χ0v) is 31.1. The molecule has 3 aliphatic rings. The highest BCUT2D eigenvalue weighted by Gasteiger charge is 2.61. The maximum atomic E-state index is 13.3. The molecular weight excluding hydrogens is 722 g/mol. The molecule has 3 saturated heterocycles. The van der Waals surface area contributed by atoms with Crippen molar-refractivity contribution < 1.29 is 66.6 Å². The molecule has 3 fully saturated rings. The molecule has 0 saturated carbocycles. The van der Waals surface area contributed by atoms with Crippen LogP contribution in [-0.2, 0) is 79.8 Å². The first-order valence-electron chi connectivity index (χ1n) is 17.8. The van der Waals surface area contributed by atoms with E-state index in [9.17, 15) is 29.5 Å². The number of hydrogen-bond acceptors (Lipinski definition) is 15. The molecule has 296 valence electrons. The summed E-state index contributed by atoms with van der Waals surface area (Å²) in [5.74, 6) is -3.19. The SMILES string of the molecule is CC(=O)CCC(=O)O[C@H]1[C@H](OCc2ccccc2)[C@@H](N=[N+]=[N-])[C@@H](O[C@H]2[C@H](OCc3ccccc3)[C@@H](OC(=O)C(C)(C)C)[C@H]3OC(=O)[C@@H]2O3)O[C@@H]1COC(C)=O. The maximum Gasteiger partial charge on any atom is 0.340 e. The van der Waals surface area contributed by atoms with Crippen LogP contribution in [0.5, 0.6) is 0 Å². The molecule has 0 aliphatic carbocycles. The minimum atomic E-state index is -1.59. The van der Waals surface area contributed by atoms with E-state index in [0.29, 0.717) is 5.56 Å². The number of carbonyl (C=O) groups is 5. The Morgan fingerprint density at radius 3 is 1.98 bits per heavy atom. The number of fused-ring (bicyclic) bond motifs is 2. The largest absolute Gasteiger partial charge is 0.463 e. The van der Waals surface area contributed by atoms with Gasteiger partial charge in [-0.1, -0.05) is 65.8 Å². The second-order valence-electron chi connectivity index (χ2n) is 14.3. The quantitative estimate of drug-likeness (QED) is 0.0775. The van der Waals surface area contributed by atoms with Crippen molar-refractivity contribution in [3.05, 3.63) is 82.2 Å². The second kappa shape index (κ2) is 18.6. The Balaban J connectivity index is 1.53. The smallest absolute Gasteiger partial charge is 0.340 e. The average Bonchev–Trinajstić information content (AvgIpc) is 3.49. The molecule has 0 amide bonds. The zero-order chi connectivity index (χ0) is 39.7. The van der Waals surface area contributed by atoms with Crippen molar-refractivity contribution in [1.29, 1.82) is 0 Å². The van der Waals surface area contributed by atoms with Crippen molar-refractivity contribution >= 4 is 29.7 Å². The Labute approximate surface area is 317 Å². The van der Waals surface area contributed by atoms with Crippen LogP contribution in [0.15, 0.2) is 65.8 Å². The molecule has 0 unspecified atom stereocenters. The lowest BCUT2D eigenvalue weighted by atomic mass is 9.95. The van der Waals surface area contributed by atoms with E-state index in [2.05, 4.69) is 10.0 Å². The standard InChI is InChI=1S/C38H45N3O14/c1-21(42)16-17-26(44)51-28-25(20-47-22(2)43)50-35(27(40-41-39)29(28)48-18-23-12-8-6-9-13-23)52-31-30(49-19-24-14-10-7-11-15-24)33(54-37(46)38(3,4)5)36-53-32(31)34(45)55-36/h6-15,25,27-33,35-36H,16-20H2,1-5H3/t25-,27-,28-,29-,30+,31+,32-,33-,35-,36-/m1/s1. The summed E-state index contributed by atoms with van der Waals surface area (Å²) in [6.07, 6.45) is -12.6. The summed E-state index contributed by atoms with van der Waals surface area (Å²) in [5, 5.41) is 3.95. The highest BCUT2D eigenvalue weighted by atomic mass is 16.8. The van der Waals surface area contributed by atoms with Crippen LogP contribution in [0.25, 0.3) is 10.4 Å². The zero-order valence-electron chi connectivity index (χ0n) is 31.1. The van der Waals surface area contributed by atoms with E-state index in [4.69, 9.17) is 42.6 Å². The molecule has 0 aromatic heterocycles. The molecule has 17 nitrogen and oxygen atoms in total. The van der Waals surface area contributed by atoms with Crippen LogP contribution in [-0.4, -0.2) is 97.6 Å². The van der Waals surface area contributed by atoms with Gasteiger partial charge in [-0.2, -0.15) is 0 Å². The number of benzene rings is 2. The van der Waals surface area contributed by atoms with Gasteiger partial charge in [0.1, 0.15) is 42.8 Å². The number of rotatable bonds is 16. The van der Waals surface area contributed by atoms with Gasteiger partial charge in [-0.15, -0.1) is 0 Å². The molecule has 2 bridgehead atoms. The van der Waals surface area contributed by atoms with Crippen LogP contribution in [0.3, 0.4) is 0 Å². The fraction of sp³-hybridized carbons (Fsp3) is 0.553.